The van der Waals surface area contributed by atoms with Gasteiger partial charge in [0.1, 0.15) is 5.82 Å². The summed E-state index contributed by atoms with van der Waals surface area (Å²) in [5.74, 6) is 0.647. The molecule has 4 nitrogen and oxygen atoms in total. The van der Waals surface area contributed by atoms with Gasteiger partial charge >= 0.3 is 0 Å². The molecule has 2 rings (SSSR count). The van der Waals surface area contributed by atoms with Crippen LogP contribution in [0.4, 0.5) is 0 Å². The van der Waals surface area contributed by atoms with E-state index in [1.54, 1.807) is 23.8 Å². The summed E-state index contributed by atoms with van der Waals surface area (Å²) in [4.78, 5) is 19.5. The molecule has 0 aliphatic carbocycles. The highest BCUT2D eigenvalue weighted by Gasteiger charge is 2.09. The van der Waals surface area contributed by atoms with E-state index < -0.39 is 0 Å². The van der Waals surface area contributed by atoms with Crippen LogP contribution in [0, 0.1) is 6.92 Å². The highest BCUT2D eigenvalue weighted by Crippen LogP contribution is 2.12. The molecule has 0 saturated heterocycles. The van der Waals surface area contributed by atoms with Crippen molar-refractivity contribution in [1.82, 2.24) is 14.5 Å². The van der Waals surface area contributed by atoms with Crippen LogP contribution in [-0.4, -0.2) is 20.4 Å². The van der Waals surface area contributed by atoms with Crippen molar-refractivity contribution in [3.8, 4) is 0 Å². The number of rotatable bonds is 0. The maximum atomic E-state index is 11.2. The number of aryl methyl sites for hydroxylation is 1. The van der Waals surface area contributed by atoms with E-state index in [-0.39, 0.29) is 5.91 Å². The van der Waals surface area contributed by atoms with Gasteiger partial charge in [0.15, 0.2) is 5.65 Å². The Morgan fingerprint density at radius 3 is 3.00 bits per heavy atom. The summed E-state index contributed by atoms with van der Waals surface area (Å²) >= 11 is 0. The Bertz CT molecular complexity index is 473. The Labute approximate surface area is 75.2 Å². The Morgan fingerprint density at radius 2 is 2.31 bits per heavy atom. The van der Waals surface area contributed by atoms with Crippen molar-refractivity contribution in [1.29, 1.82) is 0 Å². The van der Waals surface area contributed by atoms with Crippen molar-refractivity contribution < 1.29 is 4.79 Å². The van der Waals surface area contributed by atoms with Crippen molar-refractivity contribution in [2.24, 2.45) is 0 Å². The van der Waals surface area contributed by atoms with E-state index in [0.29, 0.717) is 11.5 Å². The summed E-state index contributed by atoms with van der Waals surface area (Å²) in [7, 11) is 0. The first-order valence-electron chi connectivity index (χ1n) is 4.01. The van der Waals surface area contributed by atoms with E-state index >= 15 is 0 Å². The van der Waals surface area contributed by atoms with Gasteiger partial charge in [-0.05, 0) is 19.1 Å². The number of aromatic nitrogens is 3. The summed E-state index contributed by atoms with van der Waals surface area (Å²) in [6.45, 7) is 3.31. The molecule has 4 heteroatoms. The quantitative estimate of drug-likeness (QED) is 0.608. The van der Waals surface area contributed by atoms with Gasteiger partial charge in [0.2, 0.25) is 5.91 Å². The molecular formula is C9H9N3O. The van der Waals surface area contributed by atoms with Gasteiger partial charge in [-0.25, -0.2) is 9.97 Å². The van der Waals surface area contributed by atoms with Gasteiger partial charge in [-0.1, -0.05) is 0 Å². The zero-order valence-electron chi connectivity index (χ0n) is 7.48. The van der Waals surface area contributed by atoms with Crippen LogP contribution in [0.1, 0.15) is 17.5 Å². The van der Waals surface area contributed by atoms with Crippen molar-refractivity contribution in [3.05, 3.63) is 24.2 Å². The molecule has 0 aliphatic heterocycles. The maximum absolute atomic E-state index is 11.2. The van der Waals surface area contributed by atoms with Gasteiger partial charge < -0.3 is 0 Å². The largest absolute Gasteiger partial charge is 0.274 e. The van der Waals surface area contributed by atoms with Gasteiger partial charge in [0.05, 0.1) is 5.52 Å². The second kappa shape index (κ2) is 2.65. The third kappa shape index (κ3) is 1.11. The molecule has 0 amide bonds. The third-order valence-corrected chi connectivity index (χ3v) is 1.91. The minimum atomic E-state index is -0.0343. The zero-order chi connectivity index (χ0) is 9.42. The minimum absolute atomic E-state index is 0.0343. The summed E-state index contributed by atoms with van der Waals surface area (Å²) in [5, 5.41) is 0. The third-order valence-electron chi connectivity index (χ3n) is 1.91. The van der Waals surface area contributed by atoms with Crippen molar-refractivity contribution in [2.45, 2.75) is 13.8 Å². The van der Waals surface area contributed by atoms with Gasteiger partial charge in [-0.15, -0.1) is 0 Å². The second-order valence-corrected chi connectivity index (χ2v) is 2.86. The van der Waals surface area contributed by atoms with E-state index in [9.17, 15) is 4.79 Å². The molecular weight excluding hydrogens is 166 g/mol. The number of hydrogen-bond donors (Lipinski definition) is 0. The summed E-state index contributed by atoms with van der Waals surface area (Å²) in [6, 6.07) is 3.63. The fraction of sp³-hybridized carbons (Fsp3) is 0.222. The first-order chi connectivity index (χ1) is 6.20. The molecule has 0 fully saturated rings. The first kappa shape index (κ1) is 7.91. The van der Waals surface area contributed by atoms with E-state index in [4.69, 9.17) is 0 Å². The van der Waals surface area contributed by atoms with Crippen molar-refractivity contribution in [2.75, 3.05) is 0 Å². The molecule has 0 N–H and O–H groups in total. The number of hydrogen-bond acceptors (Lipinski definition) is 3. The number of pyridine rings is 1. The second-order valence-electron chi connectivity index (χ2n) is 2.86. The smallest absolute Gasteiger partial charge is 0.229 e. The first-order valence-corrected chi connectivity index (χ1v) is 4.01. The molecule has 2 aromatic rings. The van der Waals surface area contributed by atoms with Gasteiger partial charge in [-0.2, -0.15) is 0 Å². The Kier molecular flexibility index (Phi) is 1.62. The molecule has 0 radical (unpaired) electrons. The van der Waals surface area contributed by atoms with Crippen LogP contribution in [0.2, 0.25) is 0 Å². The lowest BCUT2D eigenvalue weighted by atomic mass is 10.4. The van der Waals surface area contributed by atoms with Crippen LogP contribution in [0.25, 0.3) is 11.2 Å². The lowest BCUT2D eigenvalue weighted by Crippen LogP contribution is -2.06. The molecule has 0 unspecified atom stereocenters. The predicted octanol–water partition coefficient (Wildman–Crippen LogP) is 1.40. The topological polar surface area (TPSA) is 47.8 Å². The van der Waals surface area contributed by atoms with Crippen LogP contribution in [0.5, 0.6) is 0 Å². The van der Waals surface area contributed by atoms with Gasteiger partial charge in [-0.3, -0.25) is 9.36 Å². The number of nitrogens with zero attached hydrogens (tertiary/aromatic N) is 3. The van der Waals surface area contributed by atoms with Crippen LogP contribution in [0.15, 0.2) is 18.3 Å². The van der Waals surface area contributed by atoms with Gasteiger partial charge in [0.25, 0.3) is 0 Å². The summed E-state index contributed by atoms with van der Waals surface area (Å²) in [6.07, 6.45) is 1.67. The average Bonchev–Trinajstić information content (AvgIpc) is 2.39. The van der Waals surface area contributed by atoms with Crippen LogP contribution in [-0.2, 0) is 0 Å². The minimum Gasteiger partial charge on any atom is -0.274 e. The monoisotopic (exact) mass is 175 g/mol. The fourth-order valence-electron chi connectivity index (χ4n) is 1.42. The van der Waals surface area contributed by atoms with E-state index in [1.807, 2.05) is 6.07 Å². The lowest BCUT2D eigenvalue weighted by molar-refractivity contribution is 0.0939. The number of carbonyl (C=O) groups excluding carboxylic acids is 1. The summed E-state index contributed by atoms with van der Waals surface area (Å²) < 4.78 is 1.56. The highest BCUT2D eigenvalue weighted by atomic mass is 16.1. The predicted molar refractivity (Wildman–Crippen MR) is 48.6 cm³/mol. The number of carbonyl (C=O) groups is 1. The van der Waals surface area contributed by atoms with Crippen LogP contribution < -0.4 is 0 Å². The molecule has 0 aliphatic rings. The molecule has 0 bridgehead atoms. The lowest BCUT2D eigenvalue weighted by Gasteiger charge is -1.98. The average molecular weight is 175 g/mol. The van der Waals surface area contributed by atoms with E-state index in [2.05, 4.69) is 9.97 Å². The molecule has 0 saturated carbocycles. The normalized spacial score (nSPS) is 10.6. The molecule has 0 aromatic carbocycles. The maximum Gasteiger partial charge on any atom is 0.229 e. The zero-order valence-corrected chi connectivity index (χ0v) is 7.48. The molecule has 0 atom stereocenters. The molecule has 0 spiro atoms. The number of imidazole rings is 1. The molecule has 2 heterocycles. The molecule has 2 aromatic heterocycles. The Hall–Kier alpha value is -1.71. The SMILES string of the molecule is CC(=O)n1c(C)nc2ncccc21. The summed E-state index contributed by atoms with van der Waals surface area (Å²) in [5.41, 5.74) is 1.39. The van der Waals surface area contributed by atoms with Crippen molar-refractivity contribution in [3.63, 3.8) is 0 Å². The van der Waals surface area contributed by atoms with E-state index in [1.165, 1.54) is 6.92 Å². The van der Waals surface area contributed by atoms with Crippen LogP contribution in [0.3, 0.4) is 0 Å². The van der Waals surface area contributed by atoms with Crippen LogP contribution >= 0.6 is 0 Å². The highest BCUT2D eigenvalue weighted by molar-refractivity contribution is 5.88. The Balaban J connectivity index is 2.86. The fourth-order valence-corrected chi connectivity index (χ4v) is 1.42. The molecule has 66 valence electrons. The standard InChI is InChI=1S/C9H9N3O/c1-6-11-9-8(4-3-5-10-9)12(6)7(2)13/h3-5H,1-2H3. The van der Waals surface area contributed by atoms with Crippen molar-refractivity contribution >= 4 is 17.1 Å². The van der Waals surface area contributed by atoms with Gasteiger partial charge in [0, 0.05) is 13.1 Å². The number of fused-ring (bicyclic) bond motifs is 1. The Morgan fingerprint density at radius 1 is 1.54 bits per heavy atom. The van der Waals surface area contributed by atoms with E-state index in [0.717, 1.165) is 5.52 Å². The molecule has 13 heavy (non-hydrogen) atoms.